The number of aliphatic hydroxyl groups is 10. The fraction of sp³-hybridized carbons (Fsp3) is 0.967. The maximum atomic E-state index is 13.1. The van der Waals surface area contributed by atoms with E-state index in [1.165, 1.54) is 21.1 Å². The van der Waals surface area contributed by atoms with Crippen molar-refractivity contribution in [2.24, 2.45) is 34.5 Å². The van der Waals surface area contributed by atoms with Gasteiger partial charge in [0.2, 0.25) is 0 Å². The van der Waals surface area contributed by atoms with Crippen LogP contribution in [0.2, 0.25) is 0 Å². The van der Waals surface area contributed by atoms with Crippen LogP contribution in [-0.2, 0) is 80.6 Å². The minimum absolute atomic E-state index is 0.0210. The van der Waals surface area contributed by atoms with Crippen molar-refractivity contribution in [3.05, 3.63) is 0 Å². The number of hydrogen-bond donors (Lipinski definition) is 10. The number of carbonyl (C=O) groups excluding carboxylic acids is 2. The van der Waals surface area contributed by atoms with Gasteiger partial charge in [-0.25, -0.2) is 0 Å². The monoisotopic (exact) mass is 1270 g/mol. The molecular formula is C61H102O27. The van der Waals surface area contributed by atoms with E-state index in [0.29, 0.717) is 25.7 Å². The summed E-state index contributed by atoms with van der Waals surface area (Å²) in [6.07, 6.45) is -23.9. The molecule has 4 aliphatic carbocycles. The molecular weight excluding hydrogens is 1160 g/mol. The first kappa shape index (κ1) is 70.3. The molecule has 9 rings (SSSR count). The fourth-order valence-electron chi connectivity index (χ4n) is 16.9. The lowest BCUT2D eigenvalue weighted by molar-refractivity contribution is -0.385. The van der Waals surface area contributed by atoms with Gasteiger partial charge in [-0.3, -0.25) is 9.59 Å². The van der Waals surface area contributed by atoms with Crippen molar-refractivity contribution in [3.63, 3.8) is 0 Å². The van der Waals surface area contributed by atoms with Crippen LogP contribution in [0, 0.1) is 34.5 Å². The van der Waals surface area contributed by atoms with Crippen LogP contribution >= 0.6 is 0 Å². The van der Waals surface area contributed by atoms with Gasteiger partial charge in [-0.2, -0.15) is 0 Å². The second kappa shape index (κ2) is 28.1. The minimum atomic E-state index is -1.86. The Morgan fingerprint density at radius 3 is 1.72 bits per heavy atom. The average Bonchev–Trinajstić information content (AvgIpc) is 1.40. The Labute approximate surface area is 515 Å². The largest absolute Gasteiger partial charge is 0.462 e. The van der Waals surface area contributed by atoms with E-state index in [1.807, 2.05) is 20.8 Å². The van der Waals surface area contributed by atoms with E-state index in [2.05, 4.69) is 6.92 Å². The van der Waals surface area contributed by atoms with Crippen molar-refractivity contribution in [1.29, 1.82) is 0 Å². The minimum Gasteiger partial charge on any atom is -0.462 e. The Balaban J connectivity index is 0.774. The molecule has 27 nitrogen and oxygen atoms in total. The first-order valence-electron chi connectivity index (χ1n) is 31.8. The summed E-state index contributed by atoms with van der Waals surface area (Å²) in [5.74, 6) is -1.25. The van der Waals surface area contributed by atoms with Crippen LogP contribution in [0.3, 0.4) is 0 Å². The Kier molecular flexibility index (Phi) is 22.5. The van der Waals surface area contributed by atoms with E-state index in [0.717, 1.165) is 25.7 Å². The molecule has 0 amide bonds. The van der Waals surface area contributed by atoms with Crippen LogP contribution in [0.1, 0.15) is 133 Å². The van der Waals surface area contributed by atoms with Crippen molar-refractivity contribution in [2.75, 3.05) is 34.5 Å². The van der Waals surface area contributed by atoms with Crippen LogP contribution in [-0.4, -0.2) is 268 Å². The first-order chi connectivity index (χ1) is 41.6. The molecule has 0 aromatic rings. The van der Waals surface area contributed by atoms with E-state index in [1.54, 1.807) is 34.8 Å². The lowest BCUT2D eigenvalue weighted by Gasteiger charge is -2.66. The molecule has 0 radical (unpaired) electrons. The van der Waals surface area contributed by atoms with E-state index >= 15 is 0 Å². The van der Waals surface area contributed by atoms with Gasteiger partial charge in [0.15, 0.2) is 31.5 Å². The first-order valence-corrected chi connectivity index (χ1v) is 31.8. The van der Waals surface area contributed by atoms with Crippen LogP contribution in [0.5, 0.6) is 0 Å². The Bertz CT molecular complexity index is 2300. The lowest BCUT2D eigenvalue weighted by atomic mass is 9.42. The van der Waals surface area contributed by atoms with Gasteiger partial charge >= 0.3 is 11.9 Å². The number of aliphatic hydroxyl groups excluding tert-OH is 8. The number of ether oxygens (including phenoxy) is 15. The van der Waals surface area contributed by atoms with Gasteiger partial charge in [0.05, 0.1) is 66.8 Å². The summed E-state index contributed by atoms with van der Waals surface area (Å²) < 4.78 is 92.1. The summed E-state index contributed by atoms with van der Waals surface area (Å²) in [6.45, 7) is 14.6. The third-order valence-electron chi connectivity index (χ3n) is 22.4. The SMILES string of the molecule is CC[C@@H](C)C(=O)O[C@@H](C)[C@]1(O)CC[C@]2(O)[C@@H]3CC[C@H]4C[C@@H](O[C@H]5C[C@H](OC)[C@H](O[C@H]6C[C@@H](OC)[C@H](O[C@@H]7O[C@H](C)[C@@H](O[C@@H]8O[C@H](CO)[C@@H](O[C@@H]9O[C@H](CO)[C@@H](O)[C@H](O)[C@H]9O)[C@H](O)[C@H]8O)[C@H](OC)[C@H]7O)[C@@H](C)O6)[C@@H](C)O5)CC[C@]4(C)[C@H]3C[C@@H](OC(C)=O)[C@]12C. The highest BCUT2D eigenvalue weighted by molar-refractivity contribution is 5.72. The Hall–Kier alpha value is -1.98. The predicted molar refractivity (Wildman–Crippen MR) is 301 cm³/mol. The summed E-state index contributed by atoms with van der Waals surface area (Å²) in [4.78, 5) is 25.9. The molecule has 10 N–H and O–H groups in total. The molecule has 34 atom stereocenters. The normalized spacial score (nSPS) is 51.3. The maximum Gasteiger partial charge on any atom is 0.309 e. The zero-order valence-electron chi connectivity index (χ0n) is 52.9. The summed E-state index contributed by atoms with van der Waals surface area (Å²) in [5, 5.41) is 111. The van der Waals surface area contributed by atoms with Gasteiger partial charge < -0.3 is 122 Å². The Morgan fingerprint density at radius 2 is 1.12 bits per heavy atom. The summed E-state index contributed by atoms with van der Waals surface area (Å²) in [5.41, 5.74) is -4.58. The predicted octanol–water partition coefficient (Wildman–Crippen LogP) is -0.0201. The van der Waals surface area contributed by atoms with Gasteiger partial charge in [0.1, 0.15) is 97.2 Å². The van der Waals surface area contributed by atoms with Crippen LogP contribution in [0.15, 0.2) is 0 Å². The zero-order valence-corrected chi connectivity index (χ0v) is 52.9. The standard InChI is InChI=1S/C61H102O27/c1-13-26(2)54(71)80-30(6)60(72)18-19-61(73)34-15-14-32-20-33(16-17-58(32,8)35(34)21-40(59(60,61)9)81-31(7)64)82-41-22-36(74-10)49(27(3)77-41)85-42-23-37(75-11)50(28(4)78-42)86-57-48(70)53(76-12)51(29(5)79-57)87-56-47(69)45(67)52(39(25-63)84-56)88-55-46(68)44(66)43(65)38(24-62)83-55/h26-30,32-53,55-57,62-63,65-70,72-73H,13-25H2,1-12H3/t26-,27-,28-,29-,30+,32+,33+,34-,35+,36+,37-,38-,39-,40-,41+,42+,43-,44+,45-,46-,47-,48-,49-,50-,51-,52-,53-,55+,56+,57+,58+,59-,60-,61+/m1/s1. The molecule has 0 aromatic carbocycles. The van der Waals surface area contributed by atoms with Crippen molar-refractivity contribution in [3.8, 4) is 0 Å². The fourth-order valence-corrected chi connectivity index (χ4v) is 16.9. The third kappa shape index (κ3) is 12.9. The summed E-state index contributed by atoms with van der Waals surface area (Å²) in [6, 6.07) is 0. The number of rotatable bonds is 20. The van der Waals surface area contributed by atoms with Gasteiger partial charge in [0, 0.05) is 41.1 Å². The smallest absolute Gasteiger partial charge is 0.309 e. The van der Waals surface area contributed by atoms with Gasteiger partial charge in [0.25, 0.3) is 0 Å². The molecule has 9 aliphatic rings. The topological polar surface area (TPSA) is 375 Å². The molecule has 27 heteroatoms. The maximum absolute atomic E-state index is 13.1. The quantitative estimate of drug-likeness (QED) is 0.0566. The molecule has 0 bridgehead atoms. The zero-order chi connectivity index (χ0) is 64.3. The molecule has 5 aliphatic heterocycles. The van der Waals surface area contributed by atoms with Gasteiger partial charge in [-0.1, -0.05) is 27.7 Å². The molecule has 9 fully saturated rings. The highest BCUT2D eigenvalue weighted by Gasteiger charge is 2.77. The van der Waals surface area contributed by atoms with Crippen LogP contribution < -0.4 is 0 Å². The molecule has 0 unspecified atom stereocenters. The molecule has 4 saturated carbocycles. The number of esters is 2. The van der Waals surface area contributed by atoms with Crippen molar-refractivity contribution < 1.29 is 132 Å². The summed E-state index contributed by atoms with van der Waals surface area (Å²) >= 11 is 0. The number of fused-ring (bicyclic) bond motifs is 5. The highest BCUT2D eigenvalue weighted by Crippen LogP contribution is 2.71. The van der Waals surface area contributed by atoms with E-state index < -0.39 is 195 Å². The molecule has 5 heterocycles. The van der Waals surface area contributed by atoms with Crippen LogP contribution in [0.4, 0.5) is 0 Å². The van der Waals surface area contributed by atoms with Crippen molar-refractivity contribution in [1.82, 2.24) is 0 Å². The van der Waals surface area contributed by atoms with E-state index in [9.17, 15) is 60.7 Å². The van der Waals surface area contributed by atoms with Gasteiger partial charge in [-0.05, 0) is 109 Å². The molecule has 0 aromatic heterocycles. The lowest BCUT2D eigenvalue weighted by Crippen LogP contribution is -2.72. The van der Waals surface area contributed by atoms with E-state index in [4.69, 9.17) is 71.1 Å². The average molecular weight is 1270 g/mol. The number of carbonyl (C=O) groups is 2. The third-order valence-corrected chi connectivity index (χ3v) is 22.4. The second-order valence-electron chi connectivity index (χ2n) is 27.1. The summed E-state index contributed by atoms with van der Waals surface area (Å²) in [7, 11) is 4.46. The number of methoxy groups -OCH3 is 3. The van der Waals surface area contributed by atoms with Gasteiger partial charge in [-0.15, -0.1) is 0 Å². The molecule has 508 valence electrons. The molecule has 0 spiro atoms. The van der Waals surface area contributed by atoms with Crippen molar-refractivity contribution >= 4 is 11.9 Å². The highest BCUT2D eigenvalue weighted by atomic mass is 16.8. The second-order valence-corrected chi connectivity index (χ2v) is 27.1. The number of hydrogen-bond acceptors (Lipinski definition) is 27. The van der Waals surface area contributed by atoms with E-state index in [-0.39, 0.29) is 54.5 Å². The Morgan fingerprint density at radius 1 is 0.568 bits per heavy atom. The molecule has 88 heavy (non-hydrogen) atoms. The van der Waals surface area contributed by atoms with Crippen LogP contribution in [0.25, 0.3) is 0 Å². The molecule has 5 saturated heterocycles. The van der Waals surface area contributed by atoms with Crippen molar-refractivity contribution in [2.45, 2.75) is 304 Å².